The first-order valence-corrected chi connectivity index (χ1v) is 16.1. The van der Waals surface area contributed by atoms with Gasteiger partial charge >= 0.3 is 108 Å². The van der Waals surface area contributed by atoms with Gasteiger partial charge in [-0.05, 0) is 12.0 Å². The molecule has 6 rings (SSSR count). The van der Waals surface area contributed by atoms with E-state index in [1.54, 1.807) is 12.1 Å². The summed E-state index contributed by atoms with van der Waals surface area (Å²) in [5.74, 6) is 0.0341. The molecular formula is C41H38Cl2F2Zr-2. The van der Waals surface area contributed by atoms with Crippen molar-refractivity contribution in [2.45, 2.75) is 40.5 Å². The van der Waals surface area contributed by atoms with Gasteiger partial charge in [-0.15, -0.1) is 23.8 Å². The van der Waals surface area contributed by atoms with Crippen LogP contribution in [0.3, 0.4) is 0 Å². The van der Waals surface area contributed by atoms with Crippen molar-refractivity contribution < 1.29 is 57.8 Å². The molecule has 0 aliphatic heterocycles. The molecular weight excluding hydrogens is 693 g/mol. The van der Waals surface area contributed by atoms with Gasteiger partial charge in [0.25, 0.3) is 0 Å². The van der Waals surface area contributed by atoms with Crippen molar-refractivity contribution in [3.63, 3.8) is 0 Å². The molecule has 46 heavy (non-hydrogen) atoms. The molecule has 2 aliphatic rings. The Kier molecular flexibility index (Phi) is 15.2. The van der Waals surface area contributed by atoms with Crippen LogP contribution in [0.5, 0.6) is 0 Å². The molecule has 0 saturated carbocycles. The van der Waals surface area contributed by atoms with E-state index in [1.807, 2.05) is 30.4 Å². The van der Waals surface area contributed by atoms with Gasteiger partial charge in [0.2, 0.25) is 0 Å². The standard InChI is InChI=1S/C17H13.C13H8F2.C11H17.2ClH.Zr/c1-3-12-5-7-14-11-15-8-6-13(4-2)10-17(15)16(14)9-12;14-12-5-1-3-10(8-12)7-11-4-2-6-13(15)9-11;1-5-9-6-7-10(8-9)11(2,3)4;;;/h3-7,9-10H,1-2,11H2;1-6,8-9H;7-9H,5H2,1-4H3;2*1H;/q-1;;-1;;;+2/p-2. The molecule has 0 radical (unpaired) electrons. The van der Waals surface area contributed by atoms with Crippen LogP contribution in [-0.4, -0.2) is 3.21 Å². The zero-order chi connectivity index (χ0) is 31.9. The second kappa shape index (κ2) is 17.8. The predicted octanol–water partition coefficient (Wildman–Crippen LogP) is 4.79. The van der Waals surface area contributed by atoms with Crippen LogP contribution >= 0.6 is 0 Å². The number of halogens is 4. The van der Waals surface area contributed by atoms with E-state index in [0.29, 0.717) is 11.3 Å². The Morgan fingerprint density at radius 1 is 0.870 bits per heavy atom. The Morgan fingerprint density at radius 3 is 1.93 bits per heavy atom. The number of benzene rings is 4. The van der Waals surface area contributed by atoms with Gasteiger partial charge in [-0.25, -0.2) is 6.08 Å². The fourth-order valence-electron chi connectivity index (χ4n) is 5.03. The fourth-order valence-corrected chi connectivity index (χ4v) is 5.80. The van der Waals surface area contributed by atoms with E-state index in [4.69, 9.17) is 0 Å². The van der Waals surface area contributed by atoms with Crippen LogP contribution in [0.4, 0.5) is 8.78 Å². The van der Waals surface area contributed by atoms with E-state index in [0.717, 1.165) is 50.6 Å². The molecule has 4 aromatic rings. The molecule has 0 N–H and O–H groups in total. The van der Waals surface area contributed by atoms with E-state index >= 15 is 0 Å². The minimum Gasteiger partial charge on any atom is -1.00 e. The first kappa shape index (κ1) is 39.2. The van der Waals surface area contributed by atoms with E-state index in [1.165, 1.54) is 64.1 Å². The minimum absolute atomic E-state index is 0. The minimum atomic E-state index is -0.270. The molecule has 0 bridgehead atoms. The quantitative estimate of drug-likeness (QED) is 0.229. The molecule has 1 atom stereocenters. The third kappa shape index (κ3) is 10.3. The summed E-state index contributed by atoms with van der Waals surface area (Å²) < 4.78 is 27.0. The van der Waals surface area contributed by atoms with Gasteiger partial charge in [-0.1, -0.05) is 87.4 Å². The largest absolute Gasteiger partial charge is 1.00 e. The summed E-state index contributed by atoms with van der Waals surface area (Å²) >= 11 is 1.13. The van der Waals surface area contributed by atoms with Crippen LogP contribution in [0.2, 0.25) is 0 Å². The molecule has 0 aromatic heterocycles. The van der Waals surface area contributed by atoms with Gasteiger partial charge in [0.05, 0.1) is 0 Å². The van der Waals surface area contributed by atoms with Gasteiger partial charge in [0.1, 0.15) is 0 Å². The summed E-state index contributed by atoms with van der Waals surface area (Å²) in [5.41, 5.74) is 10.9. The van der Waals surface area contributed by atoms with Gasteiger partial charge < -0.3 is 24.8 Å². The summed E-state index contributed by atoms with van der Waals surface area (Å²) in [6, 6.07) is 26.8. The molecule has 0 spiro atoms. The number of hydrogen-bond acceptors (Lipinski definition) is 0. The molecule has 4 aromatic carbocycles. The maximum atomic E-state index is 13.0. The Labute approximate surface area is 301 Å². The van der Waals surface area contributed by atoms with Crippen LogP contribution in [0.25, 0.3) is 23.3 Å². The van der Waals surface area contributed by atoms with Crippen molar-refractivity contribution in [2.75, 3.05) is 0 Å². The molecule has 0 saturated heterocycles. The maximum absolute atomic E-state index is 13.0. The van der Waals surface area contributed by atoms with Crippen LogP contribution in [0, 0.1) is 35.1 Å². The monoisotopic (exact) mass is 728 g/mol. The molecule has 2 aliphatic carbocycles. The third-order valence-electron chi connectivity index (χ3n) is 7.68. The van der Waals surface area contributed by atoms with E-state index < -0.39 is 0 Å². The Bertz CT molecular complexity index is 1640. The number of rotatable bonds is 5. The summed E-state index contributed by atoms with van der Waals surface area (Å²) in [4.78, 5) is 0. The summed E-state index contributed by atoms with van der Waals surface area (Å²) in [7, 11) is 0. The second-order valence-electron chi connectivity index (χ2n) is 11.9. The summed E-state index contributed by atoms with van der Waals surface area (Å²) in [6.45, 7) is 16.6. The van der Waals surface area contributed by atoms with Crippen molar-refractivity contribution >= 4 is 15.4 Å². The smallest absolute Gasteiger partial charge is 1.00 e. The average Bonchev–Trinajstić information content (AvgIpc) is 3.66. The van der Waals surface area contributed by atoms with Crippen molar-refractivity contribution in [2.24, 2.45) is 11.3 Å². The Hall–Kier alpha value is -2.97. The SMILES string of the molecule is C=Cc1c[c-]c2c(c1)-c1cc(C=C)ccc1C2.CCC1[C-]=CC(C(C)(C)C)=C1.Fc1cccc([C](=[Zr+2])c2cccc(F)c2)c1.[Cl-].[Cl-]. The zero-order valence-electron chi connectivity index (χ0n) is 26.7. The van der Waals surface area contributed by atoms with Crippen LogP contribution in [0.1, 0.15) is 67.5 Å². The first-order valence-electron chi connectivity index (χ1n) is 14.9. The number of hydrogen-bond donors (Lipinski definition) is 0. The van der Waals surface area contributed by atoms with Crippen molar-refractivity contribution in [1.82, 2.24) is 0 Å². The molecule has 0 amide bonds. The van der Waals surface area contributed by atoms with Crippen LogP contribution in [0.15, 0.2) is 110 Å². The van der Waals surface area contributed by atoms with Crippen molar-refractivity contribution in [3.05, 3.63) is 167 Å². The van der Waals surface area contributed by atoms with Gasteiger partial charge in [0.15, 0.2) is 0 Å². The van der Waals surface area contributed by atoms with Crippen LogP contribution < -0.4 is 24.8 Å². The predicted molar refractivity (Wildman–Crippen MR) is 179 cm³/mol. The molecule has 0 heterocycles. The van der Waals surface area contributed by atoms with Crippen LogP contribution in [-0.2, 0) is 30.7 Å². The zero-order valence-corrected chi connectivity index (χ0v) is 30.7. The third-order valence-corrected chi connectivity index (χ3v) is 9.10. The van der Waals surface area contributed by atoms with Gasteiger partial charge in [-0.2, -0.15) is 35.4 Å². The Balaban J connectivity index is 0.000000241. The Morgan fingerprint density at radius 2 is 1.46 bits per heavy atom. The van der Waals surface area contributed by atoms with E-state index in [2.05, 4.69) is 89.4 Å². The molecule has 236 valence electrons. The molecule has 5 heteroatoms. The van der Waals surface area contributed by atoms with E-state index in [-0.39, 0.29) is 36.4 Å². The summed E-state index contributed by atoms with van der Waals surface area (Å²) in [6.07, 6.45) is 13.7. The van der Waals surface area contributed by atoms with Gasteiger partial charge in [-0.3, -0.25) is 6.08 Å². The second-order valence-corrected chi connectivity index (χ2v) is 13.1. The summed E-state index contributed by atoms with van der Waals surface area (Å²) in [5, 5.41) is 0. The number of allylic oxidation sites excluding steroid dienone is 4. The normalized spacial score (nSPS) is 13.7. The maximum Gasteiger partial charge on any atom is -1.00 e. The molecule has 0 nitrogen and oxygen atoms in total. The van der Waals surface area contributed by atoms with E-state index in [9.17, 15) is 8.78 Å². The molecule has 0 fully saturated rings. The molecule has 1 unspecified atom stereocenters. The van der Waals surface area contributed by atoms with Crippen molar-refractivity contribution in [3.8, 4) is 11.1 Å². The van der Waals surface area contributed by atoms with Gasteiger partial charge in [0, 0.05) is 0 Å². The van der Waals surface area contributed by atoms with Crippen molar-refractivity contribution in [1.29, 1.82) is 0 Å². The fraction of sp³-hybridized carbons (Fsp3) is 0.195. The number of fused-ring (bicyclic) bond motifs is 3. The first-order chi connectivity index (χ1) is 21.0. The topological polar surface area (TPSA) is 0 Å². The average molecular weight is 731 g/mol.